The van der Waals surface area contributed by atoms with Crippen molar-refractivity contribution in [2.45, 2.75) is 26.4 Å². The van der Waals surface area contributed by atoms with Gasteiger partial charge in [0.15, 0.2) is 0 Å². The molecule has 20 heavy (non-hydrogen) atoms. The van der Waals surface area contributed by atoms with Crippen LogP contribution in [0.3, 0.4) is 0 Å². The van der Waals surface area contributed by atoms with E-state index < -0.39 is 5.60 Å². The Kier molecular flexibility index (Phi) is 3.96. The highest BCUT2D eigenvalue weighted by atomic mass is 16.6. The molecule has 1 fully saturated rings. The van der Waals surface area contributed by atoms with Crippen molar-refractivity contribution >= 4 is 17.7 Å². The molecular formula is C13H21N5O2. The summed E-state index contributed by atoms with van der Waals surface area (Å²) in [7, 11) is 0. The largest absolute Gasteiger partial charge is 0.444 e. The highest BCUT2D eigenvalue weighted by molar-refractivity contribution is 5.68. The molecule has 1 saturated heterocycles. The molecule has 0 aromatic carbocycles. The number of ether oxygens (including phenoxy) is 1. The Morgan fingerprint density at radius 1 is 1.20 bits per heavy atom. The Bertz CT molecular complexity index is 461. The van der Waals surface area contributed by atoms with Crippen molar-refractivity contribution in [1.29, 1.82) is 0 Å². The lowest BCUT2D eigenvalue weighted by Crippen LogP contribution is -2.50. The summed E-state index contributed by atoms with van der Waals surface area (Å²) in [5, 5.41) is 0. The summed E-state index contributed by atoms with van der Waals surface area (Å²) in [5.74, 6) is 0.265. The summed E-state index contributed by atoms with van der Waals surface area (Å²) in [6.45, 7) is 8.31. The van der Waals surface area contributed by atoms with Gasteiger partial charge in [-0.25, -0.2) is 14.8 Å². The molecule has 0 spiro atoms. The lowest BCUT2D eigenvalue weighted by atomic mass is 10.2. The van der Waals surface area contributed by atoms with E-state index in [1.807, 2.05) is 20.8 Å². The van der Waals surface area contributed by atoms with Gasteiger partial charge < -0.3 is 20.3 Å². The minimum Gasteiger partial charge on any atom is -0.444 e. The normalized spacial score (nSPS) is 16.1. The maximum absolute atomic E-state index is 11.9. The third-order valence-corrected chi connectivity index (χ3v) is 2.95. The van der Waals surface area contributed by atoms with Gasteiger partial charge in [-0.2, -0.15) is 0 Å². The zero-order valence-electron chi connectivity index (χ0n) is 12.2. The fourth-order valence-corrected chi connectivity index (χ4v) is 1.97. The molecule has 1 aromatic rings. The minimum atomic E-state index is -0.459. The molecule has 1 amide bonds. The Morgan fingerprint density at radius 3 is 2.25 bits per heavy atom. The first-order valence-electron chi connectivity index (χ1n) is 6.65. The molecule has 2 rings (SSSR count). The summed E-state index contributed by atoms with van der Waals surface area (Å²) < 4.78 is 5.36. The molecule has 0 unspecified atom stereocenters. The molecule has 1 aromatic heterocycles. The smallest absolute Gasteiger partial charge is 0.410 e. The number of amides is 1. The molecule has 2 N–H and O–H groups in total. The van der Waals surface area contributed by atoms with Crippen LogP contribution in [-0.2, 0) is 4.74 Å². The zero-order chi connectivity index (χ0) is 14.8. The molecule has 0 bridgehead atoms. The molecule has 0 saturated carbocycles. The van der Waals surface area contributed by atoms with Crippen molar-refractivity contribution in [3.8, 4) is 0 Å². The van der Waals surface area contributed by atoms with Crippen molar-refractivity contribution in [2.24, 2.45) is 0 Å². The third-order valence-electron chi connectivity index (χ3n) is 2.95. The van der Waals surface area contributed by atoms with Gasteiger partial charge in [-0.05, 0) is 20.8 Å². The topological polar surface area (TPSA) is 84.6 Å². The number of carbonyl (C=O) groups excluding carboxylic acids is 1. The molecular weight excluding hydrogens is 258 g/mol. The molecule has 7 nitrogen and oxygen atoms in total. The fourth-order valence-electron chi connectivity index (χ4n) is 1.97. The molecule has 1 aliphatic heterocycles. The van der Waals surface area contributed by atoms with Gasteiger partial charge in [0.25, 0.3) is 0 Å². The lowest BCUT2D eigenvalue weighted by molar-refractivity contribution is 0.0240. The van der Waals surface area contributed by atoms with Gasteiger partial charge in [-0.15, -0.1) is 0 Å². The van der Waals surface area contributed by atoms with Crippen LogP contribution in [0.25, 0.3) is 0 Å². The van der Waals surface area contributed by atoms with E-state index in [0.717, 1.165) is 18.8 Å². The SMILES string of the molecule is CC(C)(C)OC(=O)N1CCN(c2cnc(N)nc2)CC1. The summed E-state index contributed by atoms with van der Waals surface area (Å²) in [6, 6.07) is 0. The van der Waals surface area contributed by atoms with E-state index in [0.29, 0.717) is 13.1 Å². The Balaban J connectivity index is 1.89. The van der Waals surface area contributed by atoms with E-state index in [1.165, 1.54) is 0 Å². The maximum atomic E-state index is 11.9. The number of hydrogen-bond donors (Lipinski definition) is 1. The van der Waals surface area contributed by atoms with E-state index in [4.69, 9.17) is 10.5 Å². The Labute approximate surface area is 118 Å². The van der Waals surface area contributed by atoms with Crippen LogP contribution in [-0.4, -0.2) is 52.7 Å². The number of aromatic nitrogens is 2. The molecule has 0 atom stereocenters. The Hall–Kier alpha value is -2.05. The van der Waals surface area contributed by atoms with E-state index in [-0.39, 0.29) is 12.0 Å². The highest BCUT2D eigenvalue weighted by Gasteiger charge is 2.26. The zero-order valence-corrected chi connectivity index (χ0v) is 12.2. The molecule has 110 valence electrons. The first-order valence-corrected chi connectivity index (χ1v) is 6.65. The number of nitrogens with zero attached hydrogens (tertiary/aromatic N) is 4. The van der Waals surface area contributed by atoms with Gasteiger partial charge in [-0.1, -0.05) is 0 Å². The predicted octanol–water partition coefficient (Wildman–Crippen LogP) is 1.12. The first-order chi connectivity index (χ1) is 9.35. The Morgan fingerprint density at radius 2 is 1.75 bits per heavy atom. The first kappa shape index (κ1) is 14.4. The van der Waals surface area contributed by atoms with Crippen LogP contribution in [0.1, 0.15) is 20.8 Å². The van der Waals surface area contributed by atoms with Crippen molar-refractivity contribution in [3.05, 3.63) is 12.4 Å². The van der Waals surface area contributed by atoms with Crippen LogP contribution in [0.15, 0.2) is 12.4 Å². The predicted molar refractivity (Wildman–Crippen MR) is 76.5 cm³/mol. The van der Waals surface area contributed by atoms with Crippen LogP contribution in [0, 0.1) is 0 Å². The number of anilines is 2. The highest BCUT2D eigenvalue weighted by Crippen LogP contribution is 2.16. The molecule has 0 radical (unpaired) electrons. The molecule has 1 aliphatic rings. The average Bonchev–Trinajstić information content (AvgIpc) is 2.38. The molecule has 2 heterocycles. The van der Waals surface area contributed by atoms with Crippen LogP contribution in [0.4, 0.5) is 16.4 Å². The minimum absolute atomic E-state index is 0.259. The van der Waals surface area contributed by atoms with Crippen molar-refractivity contribution in [1.82, 2.24) is 14.9 Å². The van der Waals surface area contributed by atoms with Crippen LogP contribution in [0.2, 0.25) is 0 Å². The van der Waals surface area contributed by atoms with E-state index in [9.17, 15) is 4.79 Å². The van der Waals surface area contributed by atoms with Crippen LogP contribution >= 0.6 is 0 Å². The maximum Gasteiger partial charge on any atom is 0.410 e. The summed E-state index contributed by atoms with van der Waals surface area (Å²) in [5.41, 5.74) is 5.93. The fraction of sp³-hybridized carbons (Fsp3) is 0.615. The number of hydrogen-bond acceptors (Lipinski definition) is 6. The number of nitrogen functional groups attached to an aromatic ring is 1. The molecule has 7 heteroatoms. The number of piperazine rings is 1. The van der Waals surface area contributed by atoms with Gasteiger partial charge in [0.05, 0.1) is 18.1 Å². The van der Waals surface area contributed by atoms with Gasteiger partial charge in [-0.3, -0.25) is 0 Å². The number of rotatable bonds is 1. The van der Waals surface area contributed by atoms with E-state index in [1.54, 1.807) is 17.3 Å². The summed E-state index contributed by atoms with van der Waals surface area (Å²) in [4.78, 5) is 23.7. The van der Waals surface area contributed by atoms with E-state index in [2.05, 4.69) is 14.9 Å². The third kappa shape index (κ3) is 3.72. The quantitative estimate of drug-likeness (QED) is 0.829. The second kappa shape index (κ2) is 5.52. The van der Waals surface area contributed by atoms with Gasteiger partial charge in [0.1, 0.15) is 5.60 Å². The number of carbonyl (C=O) groups is 1. The van der Waals surface area contributed by atoms with Gasteiger partial charge in [0.2, 0.25) is 5.95 Å². The van der Waals surface area contributed by atoms with Gasteiger partial charge in [0, 0.05) is 26.2 Å². The van der Waals surface area contributed by atoms with Crippen molar-refractivity contribution < 1.29 is 9.53 Å². The average molecular weight is 279 g/mol. The monoisotopic (exact) mass is 279 g/mol. The second-order valence-corrected chi connectivity index (χ2v) is 5.75. The molecule has 0 aliphatic carbocycles. The van der Waals surface area contributed by atoms with Gasteiger partial charge >= 0.3 is 6.09 Å². The summed E-state index contributed by atoms with van der Waals surface area (Å²) >= 11 is 0. The second-order valence-electron chi connectivity index (χ2n) is 5.75. The lowest BCUT2D eigenvalue weighted by Gasteiger charge is -2.36. The van der Waals surface area contributed by atoms with Crippen molar-refractivity contribution in [3.63, 3.8) is 0 Å². The van der Waals surface area contributed by atoms with Crippen LogP contribution < -0.4 is 10.6 Å². The number of nitrogens with two attached hydrogens (primary N) is 1. The summed E-state index contributed by atoms with van der Waals surface area (Å²) in [6.07, 6.45) is 3.14. The van der Waals surface area contributed by atoms with Crippen molar-refractivity contribution in [2.75, 3.05) is 36.8 Å². The van der Waals surface area contributed by atoms with E-state index >= 15 is 0 Å². The standard InChI is InChI=1S/C13H21N5O2/c1-13(2,3)20-12(19)18-6-4-17(5-7-18)10-8-15-11(14)16-9-10/h8-9H,4-7H2,1-3H3,(H2,14,15,16). The van der Waals surface area contributed by atoms with Crippen LogP contribution in [0.5, 0.6) is 0 Å².